The zero-order valence-corrected chi connectivity index (χ0v) is 16.9. The van der Waals surface area contributed by atoms with Gasteiger partial charge >= 0.3 is 5.97 Å². The lowest BCUT2D eigenvalue weighted by Crippen LogP contribution is -2.27. The van der Waals surface area contributed by atoms with Crippen molar-refractivity contribution in [3.05, 3.63) is 41.7 Å². The van der Waals surface area contributed by atoms with Gasteiger partial charge in [-0.25, -0.2) is 18.4 Å². The molecule has 1 aromatic heterocycles. The number of nitrogen functional groups attached to an aromatic ring is 1. The maximum Gasteiger partial charge on any atom is 0.313 e. The Morgan fingerprint density at radius 2 is 1.82 bits per heavy atom. The van der Waals surface area contributed by atoms with E-state index >= 15 is 0 Å². The van der Waals surface area contributed by atoms with Gasteiger partial charge in [0.2, 0.25) is 10.0 Å². The van der Waals surface area contributed by atoms with E-state index in [0.29, 0.717) is 47.5 Å². The van der Waals surface area contributed by atoms with Gasteiger partial charge in [0.25, 0.3) is 0 Å². The van der Waals surface area contributed by atoms with Crippen LogP contribution in [-0.4, -0.2) is 52.6 Å². The number of anilines is 1. The fourth-order valence-corrected chi connectivity index (χ4v) is 5.14. The van der Waals surface area contributed by atoms with Crippen LogP contribution in [0.4, 0.5) is 5.82 Å². The molecule has 0 bridgehead atoms. The summed E-state index contributed by atoms with van der Waals surface area (Å²) in [6, 6.07) is 8.43. The summed E-state index contributed by atoms with van der Waals surface area (Å²) in [4.78, 5) is 19.5. The first-order valence-corrected chi connectivity index (χ1v) is 11.3. The van der Waals surface area contributed by atoms with Crippen LogP contribution in [0.25, 0.3) is 0 Å². The smallest absolute Gasteiger partial charge is 0.313 e. The van der Waals surface area contributed by atoms with Crippen LogP contribution in [0.5, 0.6) is 0 Å². The quantitative estimate of drug-likeness (QED) is 0.487. The lowest BCUT2D eigenvalue weighted by molar-refractivity contribution is -0.133. The fraction of sp³-hybridized carbons (Fsp3) is 0.389. The Labute approximate surface area is 168 Å². The second-order valence-electron chi connectivity index (χ2n) is 6.48. The number of carboxylic acids is 1. The van der Waals surface area contributed by atoms with Gasteiger partial charge in [0, 0.05) is 25.6 Å². The number of aryl methyl sites for hydroxylation is 2. The number of thioether (sulfide) groups is 1. The standard InChI is InChI=1S/C18H22N4O4S2/c19-15-11-17(27-12-18(23)24)21-16(20-15)8-5-13-3-6-14(7-4-13)28(25,26)22-9-1-2-10-22/h3-4,6-7,11H,1-2,5,8-10,12H2,(H,23,24)(H2,19,20,21). The molecular weight excluding hydrogens is 400 g/mol. The van der Waals surface area contributed by atoms with Crippen molar-refractivity contribution in [3.63, 3.8) is 0 Å². The molecule has 1 saturated heterocycles. The Balaban J connectivity index is 1.64. The molecule has 0 aliphatic carbocycles. The van der Waals surface area contributed by atoms with Crippen LogP contribution in [0, 0.1) is 0 Å². The molecule has 3 rings (SSSR count). The highest BCUT2D eigenvalue weighted by molar-refractivity contribution is 7.99. The van der Waals surface area contributed by atoms with Gasteiger partial charge in [-0.1, -0.05) is 23.9 Å². The third-order valence-corrected chi connectivity index (χ3v) is 7.18. The molecule has 10 heteroatoms. The summed E-state index contributed by atoms with van der Waals surface area (Å²) in [5.41, 5.74) is 6.74. The zero-order chi connectivity index (χ0) is 20.1. The third-order valence-electron chi connectivity index (χ3n) is 4.38. The first kappa shape index (κ1) is 20.6. The zero-order valence-electron chi connectivity index (χ0n) is 15.2. The number of benzene rings is 1. The van der Waals surface area contributed by atoms with E-state index in [1.165, 1.54) is 4.31 Å². The minimum Gasteiger partial charge on any atom is -0.481 e. The Kier molecular flexibility index (Phi) is 6.53. The van der Waals surface area contributed by atoms with Gasteiger partial charge in [-0.3, -0.25) is 4.79 Å². The van der Waals surface area contributed by atoms with E-state index in [0.717, 1.165) is 30.2 Å². The summed E-state index contributed by atoms with van der Waals surface area (Å²) in [7, 11) is -3.41. The number of rotatable bonds is 8. The third kappa shape index (κ3) is 5.21. The van der Waals surface area contributed by atoms with E-state index in [9.17, 15) is 13.2 Å². The number of sulfonamides is 1. The Hall–Kier alpha value is -2.17. The molecule has 1 aliphatic heterocycles. The van der Waals surface area contributed by atoms with Crippen LogP contribution in [0.1, 0.15) is 24.2 Å². The average molecular weight is 423 g/mol. The minimum absolute atomic E-state index is 0.0944. The number of hydrogen-bond acceptors (Lipinski definition) is 7. The van der Waals surface area contributed by atoms with Crippen molar-refractivity contribution in [1.29, 1.82) is 0 Å². The maximum atomic E-state index is 12.6. The second kappa shape index (κ2) is 8.89. The van der Waals surface area contributed by atoms with Crippen molar-refractivity contribution in [2.24, 2.45) is 0 Å². The summed E-state index contributed by atoms with van der Waals surface area (Å²) >= 11 is 1.09. The number of aliphatic carboxylic acids is 1. The van der Waals surface area contributed by atoms with E-state index in [1.54, 1.807) is 30.3 Å². The summed E-state index contributed by atoms with van der Waals surface area (Å²) in [6.07, 6.45) is 2.95. The molecule has 150 valence electrons. The predicted octanol–water partition coefficient (Wildman–Crippen LogP) is 1.81. The molecule has 0 spiro atoms. The highest BCUT2D eigenvalue weighted by Gasteiger charge is 2.26. The van der Waals surface area contributed by atoms with Gasteiger partial charge < -0.3 is 10.8 Å². The maximum absolute atomic E-state index is 12.6. The van der Waals surface area contributed by atoms with Gasteiger partial charge in [0.15, 0.2) is 0 Å². The van der Waals surface area contributed by atoms with Gasteiger partial charge in [0.05, 0.1) is 10.6 Å². The number of nitrogens with zero attached hydrogens (tertiary/aromatic N) is 3. The topological polar surface area (TPSA) is 126 Å². The number of carboxylic acid groups (broad SMARTS) is 1. The van der Waals surface area contributed by atoms with Crippen molar-refractivity contribution in [2.45, 2.75) is 35.6 Å². The highest BCUT2D eigenvalue weighted by atomic mass is 32.2. The Bertz CT molecular complexity index is 943. The molecule has 0 atom stereocenters. The van der Waals surface area contributed by atoms with Gasteiger partial charge in [0.1, 0.15) is 16.7 Å². The lowest BCUT2D eigenvalue weighted by atomic mass is 10.1. The number of aromatic nitrogens is 2. The van der Waals surface area contributed by atoms with Crippen LogP contribution >= 0.6 is 11.8 Å². The van der Waals surface area contributed by atoms with Crippen molar-refractivity contribution in [1.82, 2.24) is 14.3 Å². The molecule has 1 aromatic carbocycles. The normalized spacial score (nSPS) is 15.0. The Morgan fingerprint density at radius 1 is 1.14 bits per heavy atom. The molecule has 1 fully saturated rings. The molecule has 1 aliphatic rings. The monoisotopic (exact) mass is 422 g/mol. The number of carbonyl (C=O) groups is 1. The van der Waals surface area contributed by atoms with Crippen molar-refractivity contribution < 1.29 is 18.3 Å². The average Bonchev–Trinajstić information content (AvgIpc) is 3.20. The molecule has 2 heterocycles. The molecule has 3 N–H and O–H groups in total. The largest absolute Gasteiger partial charge is 0.481 e. The molecule has 0 radical (unpaired) electrons. The van der Waals surface area contributed by atoms with Crippen LogP contribution in [-0.2, 0) is 27.7 Å². The van der Waals surface area contributed by atoms with Crippen molar-refractivity contribution in [3.8, 4) is 0 Å². The van der Waals surface area contributed by atoms with Crippen LogP contribution in [0.15, 0.2) is 40.3 Å². The highest BCUT2D eigenvalue weighted by Crippen LogP contribution is 2.22. The van der Waals surface area contributed by atoms with Crippen molar-refractivity contribution in [2.75, 3.05) is 24.6 Å². The molecule has 0 amide bonds. The summed E-state index contributed by atoms with van der Waals surface area (Å²) < 4.78 is 26.6. The second-order valence-corrected chi connectivity index (χ2v) is 9.42. The number of nitrogens with two attached hydrogens (primary N) is 1. The van der Waals surface area contributed by atoms with Crippen LogP contribution in [0.2, 0.25) is 0 Å². The molecule has 0 saturated carbocycles. The lowest BCUT2D eigenvalue weighted by Gasteiger charge is -2.15. The van der Waals surface area contributed by atoms with E-state index < -0.39 is 16.0 Å². The van der Waals surface area contributed by atoms with E-state index in [1.807, 2.05) is 0 Å². The van der Waals surface area contributed by atoms with E-state index in [-0.39, 0.29) is 5.75 Å². The molecular formula is C18H22N4O4S2. The summed E-state index contributed by atoms with van der Waals surface area (Å²) in [6.45, 7) is 1.16. The van der Waals surface area contributed by atoms with E-state index in [2.05, 4.69) is 9.97 Å². The van der Waals surface area contributed by atoms with Crippen LogP contribution in [0.3, 0.4) is 0 Å². The SMILES string of the molecule is Nc1cc(SCC(=O)O)nc(CCc2ccc(S(=O)(=O)N3CCCC3)cc2)n1. The van der Waals surface area contributed by atoms with Gasteiger partial charge in [-0.15, -0.1) is 0 Å². The van der Waals surface area contributed by atoms with Gasteiger partial charge in [-0.2, -0.15) is 4.31 Å². The first-order chi connectivity index (χ1) is 13.3. The van der Waals surface area contributed by atoms with Gasteiger partial charge in [-0.05, 0) is 37.0 Å². The fourth-order valence-electron chi connectivity index (χ4n) is 2.98. The molecule has 2 aromatic rings. The Morgan fingerprint density at radius 3 is 2.46 bits per heavy atom. The molecule has 0 unspecified atom stereocenters. The molecule has 8 nitrogen and oxygen atoms in total. The molecule has 28 heavy (non-hydrogen) atoms. The van der Waals surface area contributed by atoms with Crippen molar-refractivity contribution >= 4 is 33.6 Å². The van der Waals surface area contributed by atoms with E-state index in [4.69, 9.17) is 10.8 Å². The minimum atomic E-state index is -3.41. The summed E-state index contributed by atoms with van der Waals surface area (Å²) in [5, 5.41) is 9.30. The van der Waals surface area contributed by atoms with Crippen LogP contribution < -0.4 is 5.73 Å². The summed E-state index contributed by atoms with van der Waals surface area (Å²) in [5.74, 6) is -0.192. The predicted molar refractivity (Wildman–Crippen MR) is 107 cm³/mol. The number of hydrogen-bond donors (Lipinski definition) is 2. The first-order valence-electron chi connectivity index (χ1n) is 8.92.